The molecule has 1 aromatic heterocycles. The van der Waals surface area contributed by atoms with Crippen LogP contribution in [0, 0.1) is 0 Å². The van der Waals surface area contributed by atoms with Gasteiger partial charge in [-0.25, -0.2) is 4.98 Å². The van der Waals surface area contributed by atoms with Crippen molar-refractivity contribution in [2.24, 2.45) is 12.0 Å². The number of fused-ring (bicyclic) bond motifs is 1. The van der Waals surface area contributed by atoms with Gasteiger partial charge in [-0.2, -0.15) is 5.10 Å². The summed E-state index contributed by atoms with van der Waals surface area (Å²) < 4.78 is 7.24. The van der Waals surface area contributed by atoms with Gasteiger partial charge in [-0.15, -0.1) is 0 Å². The van der Waals surface area contributed by atoms with Gasteiger partial charge in [-0.3, -0.25) is 14.5 Å². The number of ether oxygens (including phenoxy) is 1. The van der Waals surface area contributed by atoms with Gasteiger partial charge in [-0.1, -0.05) is 12.1 Å². The van der Waals surface area contributed by atoms with E-state index in [-0.39, 0.29) is 12.5 Å². The first-order valence-corrected chi connectivity index (χ1v) is 9.44. The highest BCUT2D eigenvalue weighted by atomic mass is 16.5. The van der Waals surface area contributed by atoms with Crippen LogP contribution in [0.25, 0.3) is 0 Å². The highest BCUT2D eigenvalue weighted by Crippen LogP contribution is 2.31. The summed E-state index contributed by atoms with van der Waals surface area (Å²) in [6.07, 6.45) is 2.30. The molecule has 28 heavy (non-hydrogen) atoms. The van der Waals surface area contributed by atoms with Crippen LogP contribution < -0.4 is 15.0 Å². The molecule has 0 bridgehead atoms. The summed E-state index contributed by atoms with van der Waals surface area (Å²) in [7, 11) is 3.84. The van der Waals surface area contributed by atoms with E-state index in [9.17, 15) is 4.79 Å². The second kappa shape index (κ2) is 9.20. The molecule has 150 valence electrons. The van der Waals surface area contributed by atoms with E-state index >= 15 is 0 Å². The van der Waals surface area contributed by atoms with E-state index in [1.165, 1.54) is 0 Å². The largest absolute Gasteiger partial charge is 0.482 e. The number of aliphatic imine (C=N–C) groups is 1. The monoisotopic (exact) mass is 385 g/mol. The molecule has 1 aliphatic heterocycles. The molecule has 0 atom stereocenters. The van der Waals surface area contributed by atoms with E-state index in [4.69, 9.17) is 9.73 Å². The highest BCUT2D eigenvalue weighted by Gasteiger charge is 2.24. The number of aromatic nitrogens is 3. The quantitative estimate of drug-likeness (QED) is 0.435. The number of para-hydroxylation sites is 2. The smallest absolute Gasteiger partial charge is 0.265 e. The molecule has 2 aromatic rings. The first-order chi connectivity index (χ1) is 13.6. The lowest BCUT2D eigenvalue weighted by Crippen LogP contribution is -2.40. The molecule has 0 saturated carbocycles. The number of anilines is 1. The van der Waals surface area contributed by atoms with Crippen molar-refractivity contribution < 1.29 is 9.53 Å². The lowest BCUT2D eigenvalue weighted by Gasteiger charge is -2.29. The van der Waals surface area contributed by atoms with Crippen LogP contribution in [-0.2, 0) is 18.4 Å². The van der Waals surface area contributed by atoms with Crippen molar-refractivity contribution in [2.75, 3.05) is 38.2 Å². The molecule has 9 nitrogen and oxygen atoms in total. The topological polar surface area (TPSA) is 87.9 Å². The maximum Gasteiger partial charge on any atom is 0.265 e. The molecule has 3 rings (SSSR count). The van der Waals surface area contributed by atoms with Crippen molar-refractivity contribution in [1.82, 2.24) is 25.0 Å². The van der Waals surface area contributed by atoms with Crippen molar-refractivity contribution in [3.63, 3.8) is 0 Å². The molecule has 1 aromatic carbocycles. The molecule has 1 N–H and O–H groups in total. The van der Waals surface area contributed by atoms with Crippen molar-refractivity contribution >= 4 is 17.6 Å². The van der Waals surface area contributed by atoms with E-state index < -0.39 is 0 Å². The third kappa shape index (κ3) is 4.59. The molecule has 0 radical (unpaired) electrons. The predicted molar refractivity (Wildman–Crippen MR) is 107 cm³/mol. The van der Waals surface area contributed by atoms with E-state index in [2.05, 4.69) is 15.4 Å². The second-order valence-electron chi connectivity index (χ2n) is 6.55. The van der Waals surface area contributed by atoms with Crippen molar-refractivity contribution in [3.8, 4) is 5.75 Å². The number of nitrogens with zero attached hydrogens (tertiary/aromatic N) is 6. The minimum absolute atomic E-state index is 0.0195. The third-order valence-corrected chi connectivity index (χ3v) is 4.49. The van der Waals surface area contributed by atoms with Gasteiger partial charge in [0.1, 0.15) is 17.9 Å². The number of amides is 1. The van der Waals surface area contributed by atoms with E-state index in [0.29, 0.717) is 19.6 Å². The molecule has 1 aliphatic rings. The Hall–Kier alpha value is -3.10. The van der Waals surface area contributed by atoms with E-state index in [0.717, 1.165) is 36.2 Å². The van der Waals surface area contributed by atoms with Gasteiger partial charge in [0.15, 0.2) is 12.6 Å². The first-order valence-electron chi connectivity index (χ1n) is 9.44. The third-order valence-electron chi connectivity index (χ3n) is 4.49. The lowest BCUT2D eigenvalue weighted by atomic mass is 10.2. The molecule has 0 fully saturated rings. The summed E-state index contributed by atoms with van der Waals surface area (Å²) in [5.41, 5.74) is 0.828. The standard InChI is InChI=1S/C19H27N7O2/c1-4-20-19(24(2)12-17-22-14-23-25(17)3)21-10-7-11-26-15-8-5-6-9-16(15)28-13-18(26)27/h5-6,8-9,14H,4,7,10-13H2,1-3H3,(H,20,21). The van der Waals surface area contributed by atoms with Crippen LogP contribution in [0.3, 0.4) is 0 Å². The Labute approximate surface area is 165 Å². The van der Waals surface area contributed by atoms with Crippen LogP contribution in [-0.4, -0.2) is 64.8 Å². The van der Waals surface area contributed by atoms with Crippen LogP contribution >= 0.6 is 0 Å². The zero-order valence-corrected chi connectivity index (χ0v) is 16.6. The minimum atomic E-state index is -0.0195. The number of carbonyl (C=O) groups is 1. The van der Waals surface area contributed by atoms with Crippen LogP contribution in [0.15, 0.2) is 35.6 Å². The number of aryl methyl sites for hydroxylation is 1. The van der Waals surface area contributed by atoms with Crippen LogP contribution in [0.2, 0.25) is 0 Å². The van der Waals surface area contributed by atoms with Crippen molar-refractivity contribution in [2.45, 2.75) is 19.9 Å². The normalized spacial score (nSPS) is 13.9. The Balaban J connectivity index is 1.58. The molecular formula is C19H27N7O2. The molecule has 0 spiro atoms. The van der Waals surface area contributed by atoms with Gasteiger partial charge < -0.3 is 19.9 Å². The highest BCUT2D eigenvalue weighted by molar-refractivity contribution is 5.97. The average Bonchev–Trinajstić information content (AvgIpc) is 3.10. The fraction of sp³-hybridized carbons (Fsp3) is 0.474. The summed E-state index contributed by atoms with van der Waals surface area (Å²) in [5.74, 6) is 2.40. The fourth-order valence-electron chi connectivity index (χ4n) is 3.03. The number of nitrogens with one attached hydrogen (secondary N) is 1. The number of benzene rings is 1. The number of rotatable bonds is 7. The van der Waals surface area contributed by atoms with Gasteiger partial charge in [-0.05, 0) is 25.5 Å². The van der Waals surface area contributed by atoms with Gasteiger partial charge in [0.2, 0.25) is 0 Å². The Bertz CT molecular complexity index is 833. The SMILES string of the molecule is CCNC(=NCCCN1C(=O)COc2ccccc21)N(C)Cc1ncnn1C. The molecule has 2 heterocycles. The average molecular weight is 385 g/mol. The van der Waals surface area contributed by atoms with Crippen molar-refractivity contribution in [3.05, 3.63) is 36.4 Å². The Morgan fingerprint density at radius 2 is 2.21 bits per heavy atom. The molecule has 0 aliphatic carbocycles. The molecule has 9 heteroatoms. The van der Waals surface area contributed by atoms with Gasteiger partial charge in [0, 0.05) is 33.7 Å². The lowest BCUT2D eigenvalue weighted by molar-refractivity contribution is -0.121. The summed E-state index contributed by atoms with van der Waals surface area (Å²) in [5, 5.41) is 7.39. The maximum atomic E-state index is 12.2. The fourth-order valence-corrected chi connectivity index (χ4v) is 3.03. The van der Waals surface area contributed by atoms with Gasteiger partial charge in [0.25, 0.3) is 5.91 Å². The summed E-state index contributed by atoms with van der Waals surface area (Å²) in [4.78, 5) is 25.0. The minimum Gasteiger partial charge on any atom is -0.482 e. The summed E-state index contributed by atoms with van der Waals surface area (Å²) in [6, 6.07) is 7.62. The molecule has 0 saturated heterocycles. The summed E-state index contributed by atoms with van der Waals surface area (Å²) >= 11 is 0. The number of hydrogen-bond donors (Lipinski definition) is 1. The first kappa shape index (κ1) is 19.7. The molecular weight excluding hydrogens is 358 g/mol. The Morgan fingerprint density at radius 3 is 2.96 bits per heavy atom. The Morgan fingerprint density at radius 1 is 1.39 bits per heavy atom. The number of guanidine groups is 1. The van der Waals surface area contributed by atoms with E-state index in [1.54, 1.807) is 15.9 Å². The van der Waals surface area contributed by atoms with E-state index in [1.807, 2.05) is 50.2 Å². The molecule has 1 amide bonds. The zero-order valence-electron chi connectivity index (χ0n) is 16.6. The predicted octanol–water partition coefficient (Wildman–Crippen LogP) is 1.03. The zero-order chi connectivity index (χ0) is 19.9. The van der Waals surface area contributed by atoms with Crippen molar-refractivity contribution in [1.29, 1.82) is 0 Å². The van der Waals surface area contributed by atoms with Crippen LogP contribution in [0.1, 0.15) is 19.2 Å². The van der Waals surface area contributed by atoms with Gasteiger partial charge >= 0.3 is 0 Å². The van der Waals surface area contributed by atoms with Crippen LogP contribution in [0.5, 0.6) is 5.75 Å². The molecule has 0 unspecified atom stereocenters. The Kier molecular flexibility index (Phi) is 6.46. The summed E-state index contributed by atoms with van der Waals surface area (Å²) in [6.45, 7) is 4.72. The maximum absolute atomic E-state index is 12.2. The van der Waals surface area contributed by atoms with Crippen LogP contribution in [0.4, 0.5) is 5.69 Å². The van der Waals surface area contributed by atoms with Gasteiger partial charge in [0.05, 0.1) is 12.2 Å². The number of carbonyl (C=O) groups excluding carboxylic acids is 1. The second-order valence-corrected chi connectivity index (χ2v) is 6.55. The number of hydrogen-bond acceptors (Lipinski definition) is 5.